The lowest BCUT2D eigenvalue weighted by Crippen LogP contribution is -2.40. The van der Waals surface area contributed by atoms with Crippen LogP contribution in [0.4, 0.5) is 0 Å². The molecule has 0 aromatic carbocycles. The van der Waals surface area contributed by atoms with Gasteiger partial charge < -0.3 is 11.1 Å². The third kappa shape index (κ3) is 3.79. The standard InChI is InChI=1S/C14H25N5O/c1-10(2)6-7-19-9-13(17-18-19)14(20)16-12-5-3-4-11(12)8-15/h9-12H,3-8,15H2,1-2H3,(H,16,20). The molecular weight excluding hydrogens is 254 g/mol. The number of nitrogens with zero attached hydrogens (tertiary/aromatic N) is 3. The minimum absolute atomic E-state index is 0.133. The van der Waals surface area contributed by atoms with E-state index in [1.54, 1.807) is 10.9 Å². The van der Waals surface area contributed by atoms with Crippen molar-refractivity contribution in [1.29, 1.82) is 0 Å². The second-order valence-electron chi connectivity index (χ2n) is 6.06. The largest absolute Gasteiger partial charge is 0.348 e. The average Bonchev–Trinajstić information content (AvgIpc) is 3.04. The smallest absolute Gasteiger partial charge is 0.273 e. The van der Waals surface area contributed by atoms with Crippen molar-refractivity contribution in [2.75, 3.05) is 6.54 Å². The van der Waals surface area contributed by atoms with Crippen molar-refractivity contribution in [3.05, 3.63) is 11.9 Å². The van der Waals surface area contributed by atoms with Gasteiger partial charge in [-0.1, -0.05) is 25.5 Å². The lowest BCUT2D eigenvalue weighted by Gasteiger charge is -2.18. The van der Waals surface area contributed by atoms with Gasteiger partial charge in [0.1, 0.15) is 0 Å². The Hall–Kier alpha value is -1.43. The molecule has 2 atom stereocenters. The molecule has 1 amide bonds. The summed E-state index contributed by atoms with van der Waals surface area (Å²) in [6.45, 7) is 5.76. The van der Waals surface area contributed by atoms with Gasteiger partial charge in [0.25, 0.3) is 5.91 Å². The molecule has 0 radical (unpaired) electrons. The van der Waals surface area contributed by atoms with Crippen LogP contribution >= 0.6 is 0 Å². The fourth-order valence-corrected chi connectivity index (χ4v) is 2.65. The van der Waals surface area contributed by atoms with Crippen LogP contribution < -0.4 is 11.1 Å². The minimum atomic E-state index is -0.133. The molecule has 1 saturated carbocycles. The number of hydrogen-bond acceptors (Lipinski definition) is 4. The molecule has 2 unspecified atom stereocenters. The van der Waals surface area contributed by atoms with Gasteiger partial charge in [0.2, 0.25) is 0 Å². The zero-order chi connectivity index (χ0) is 14.5. The first-order chi connectivity index (χ1) is 9.60. The summed E-state index contributed by atoms with van der Waals surface area (Å²) < 4.78 is 1.74. The van der Waals surface area contributed by atoms with E-state index in [9.17, 15) is 4.79 Å². The van der Waals surface area contributed by atoms with Gasteiger partial charge in [0.05, 0.1) is 6.20 Å². The van der Waals surface area contributed by atoms with Gasteiger partial charge in [0, 0.05) is 12.6 Å². The fraction of sp³-hybridized carbons (Fsp3) is 0.786. The fourth-order valence-electron chi connectivity index (χ4n) is 2.65. The van der Waals surface area contributed by atoms with E-state index < -0.39 is 0 Å². The molecule has 0 spiro atoms. The van der Waals surface area contributed by atoms with Gasteiger partial charge in [-0.3, -0.25) is 9.48 Å². The average molecular weight is 279 g/mol. The van der Waals surface area contributed by atoms with Gasteiger partial charge in [-0.05, 0) is 37.6 Å². The predicted molar refractivity (Wildman–Crippen MR) is 77.1 cm³/mol. The van der Waals surface area contributed by atoms with E-state index >= 15 is 0 Å². The maximum Gasteiger partial charge on any atom is 0.273 e. The Morgan fingerprint density at radius 3 is 3.05 bits per heavy atom. The van der Waals surface area contributed by atoms with Gasteiger partial charge in [-0.15, -0.1) is 5.10 Å². The summed E-state index contributed by atoms with van der Waals surface area (Å²) in [6.07, 6.45) is 6.00. The highest BCUT2D eigenvalue weighted by atomic mass is 16.2. The third-order valence-corrected chi connectivity index (χ3v) is 3.99. The second-order valence-corrected chi connectivity index (χ2v) is 6.06. The zero-order valence-corrected chi connectivity index (χ0v) is 12.4. The normalized spacial score (nSPS) is 22.4. The van der Waals surface area contributed by atoms with E-state index in [1.165, 1.54) is 0 Å². The topological polar surface area (TPSA) is 85.8 Å². The number of amides is 1. The molecule has 0 bridgehead atoms. The molecule has 2 rings (SSSR count). The molecule has 1 aliphatic carbocycles. The molecule has 1 aliphatic rings. The number of carbonyl (C=O) groups excluding carboxylic acids is 1. The van der Waals surface area contributed by atoms with Crippen LogP contribution in [0.2, 0.25) is 0 Å². The van der Waals surface area contributed by atoms with Crippen LogP contribution in [0, 0.1) is 11.8 Å². The molecule has 1 fully saturated rings. The van der Waals surface area contributed by atoms with Gasteiger partial charge in [-0.2, -0.15) is 0 Å². The molecular formula is C14H25N5O. The first kappa shape index (κ1) is 15.0. The molecule has 3 N–H and O–H groups in total. The monoisotopic (exact) mass is 279 g/mol. The van der Waals surface area contributed by atoms with Crippen LogP contribution in [0.5, 0.6) is 0 Å². The van der Waals surface area contributed by atoms with E-state index in [1.807, 2.05) is 0 Å². The Balaban J connectivity index is 1.89. The van der Waals surface area contributed by atoms with E-state index in [0.29, 0.717) is 24.1 Å². The molecule has 0 aliphatic heterocycles. The molecule has 0 saturated heterocycles. The quantitative estimate of drug-likeness (QED) is 0.818. The molecule has 112 valence electrons. The molecule has 1 aromatic rings. The Kier molecular flexibility index (Phi) is 5.11. The molecule has 1 heterocycles. The predicted octanol–water partition coefficient (Wildman–Crippen LogP) is 1.18. The Bertz CT molecular complexity index is 443. The van der Waals surface area contributed by atoms with Crippen molar-refractivity contribution in [3.8, 4) is 0 Å². The first-order valence-corrected chi connectivity index (χ1v) is 7.51. The van der Waals surface area contributed by atoms with Crippen LogP contribution in [0.1, 0.15) is 50.0 Å². The number of aryl methyl sites for hydroxylation is 1. The number of carbonyl (C=O) groups is 1. The SMILES string of the molecule is CC(C)CCn1cc(C(=O)NC2CCCC2CN)nn1. The summed E-state index contributed by atoms with van der Waals surface area (Å²) in [5, 5.41) is 11.0. The van der Waals surface area contributed by atoms with Crippen LogP contribution in [0.15, 0.2) is 6.20 Å². The maximum absolute atomic E-state index is 12.1. The van der Waals surface area contributed by atoms with Crippen LogP contribution in [0.3, 0.4) is 0 Å². The summed E-state index contributed by atoms with van der Waals surface area (Å²) in [5.74, 6) is 0.876. The maximum atomic E-state index is 12.1. The second kappa shape index (κ2) is 6.83. The lowest BCUT2D eigenvalue weighted by atomic mass is 10.0. The zero-order valence-electron chi connectivity index (χ0n) is 12.4. The highest BCUT2D eigenvalue weighted by Gasteiger charge is 2.28. The van der Waals surface area contributed by atoms with Crippen molar-refractivity contribution in [2.24, 2.45) is 17.6 Å². The minimum Gasteiger partial charge on any atom is -0.348 e. The summed E-state index contributed by atoms with van der Waals surface area (Å²) in [7, 11) is 0. The van der Waals surface area contributed by atoms with Crippen LogP contribution in [0.25, 0.3) is 0 Å². The summed E-state index contributed by atoms with van der Waals surface area (Å²) in [4.78, 5) is 12.1. The van der Waals surface area contributed by atoms with Crippen LogP contribution in [-0.4, -0.2) is 33.5 Å². The summed E-state index contributed by atoms with van der Waals surface area (Å²) in [6, 6.07) is 0.188. The number of rotatable bonds is 6. The molecule has 6 nitrogen and oxygen atoms in total. The van der Waals surface area contributed by atoms with E-state index in [4.69, 9.17) is 5.73 Å². The highest BCUT2D eigenvalue weighted by molar-refractivity contribution is 5.92. The molecule has 1 aromatic heterocycles. The van der Waals surface area contributed by atoms with Crippen LogP contribution in [-0.2, 0) is 6.54 Å². The lowest BCUT2D eigenvalue weighted by molar-refractivity contribution is 0.0923. The third-order valence-electron chi connectivity index (χ3n) is 3.99. The van der Waals surface area contributed by atoms with Crippen molar-refractivity contribution >= 4 is 5.91 Å². The number of nitrogens with two attached hydrogens (primary N) is 1. The first-order valence-electron chi connectivity index (χ1n) is 7.51. The van der Waals surface area contributed by atoms with Gasteiger partial charge in [-0.25, -0.2) is 0 Å². The van der Waals surface area contributed by atoms with Gasteiger partial charge >= 0.3 is 0 Å². The van der Waals surface area contributed by atoms with E-state index in [2.05, 4.69) is 29.5 Å². The molecule has 6 heteroatoms. The van der Waals surface area contributed by atoms with Crippen molar-refractivity contribution < 1.29 is 4.79 Å². The molecule has 20 heavy (non-hydrogen) atoms. The van der Waals surface area contributed by atoms with Crippen molar-refractivity contribution in [3.63, 3.8) is 0 Å². The summed E-state index contributed by atoms with van der Waals surface area (Å²) >= 11 is 0. The number of aromatic nitrogens is 3. The van der Waals surface area contributed by atoms with Gasteiger partial charge in [0.15, 0.2) is 5.69 Å². The Morgan fingerprint density at radius 1 is 1.55 bits per heavy atom. The van der Waals surface area contributed by atoms with E-state index in [0.717, 1.165) is 32.2 Å². The highest BCUT2D eigenvalue weighted by Crippen LogP contribution is 2.24. The summed E-state index contributed by atoms with van der Waals surface area (Å²) in [5.41, 5.74) is 6.13. The Morgan fingerprint density at radius 2 is 2.35 bits per heavy atom. The number of nitrogens with one attached hydrogen (secondary N) is 1. The van der Waals surface area contributed by atoms with Crippen molar-refractivity contribution in [1.82, 2.24) is 20.3 Å². The van der Waals surface area contributed by atoms with E-state index in [-0.39, 0.29) is 11.9 Å². The van der Waals surface area contributed by atoms with Crippen molar-refractivity contribution in [2.45, 2.75) is 52.1 Å². The number of hydrogen-bond donors (Lipinski definition) is 2. The Labute approximate surface area is 120 Å².